The molecule has 0 bridgehead atoms. The summed E-state index contributed by atoms with van der Waals surface area (Å²) >= 11 is 0. The molecule has 0 amide bonds. The van der Waals surface area contributed by atoms with Gasteiger partial charge in [0, 0.05) is 39.8 Å². The lowest BCUT2D eigenvalue weighted by atomic mass is 10.0. The fraction of sp³-hybridized carbons (Fsp3) is 0.583. The van der Waals surface area contributed by atoms with Gasteiger partial charge < -0.3 is 20.1 Å². The van der Waals surface area contributed by atoms with Crippen molar-refractivity contribution in [1.29, 1.82) is 0 Å². The third-order valence-corrected chi connectivity index (χ3v) is 3.40. The highest BCUT2D eigenvalue weighted by atomic mass is 16.6. The van der Waals surface area contributed by atoms with E-state index in [1.165, 1.54) is 6.07 Å². The SMILES string of the molecule is CNc1ccc([N+](=O)[O-])c(NCC2(OC)CCOC2)n1. The summed E-state index contributed by atoms with van der Waals surface area (Å²) in [6, 6.07) is 2.99. The standard InChI is InChI=1S/C12H18N4O4/c1-13-10-4-3-9(16(17)18)11(15-10)14-7-12(19-2)5-6-20-8-12/h3-4H,5-8H2,1-2H3,(H2,13,14,15). The van der Waals surface area contributed by atoms with E-state index in [1.807, 2.05) is 0 Å². The Labute approximate surface area is 116 Å². The second-order valence-corrected chi connectivity index (χ2v) is 4.61. The van der Waals surface area contributed by atoms with Crippen LogP contribution in [0, 0.1) is 10.1 Å². The Hall–Kier alpha value is -1.93. The normalized spacial score (nSPS) is 21.7. The lowest BCUT2D eigenvalue weighted by molar-refractivity contribution is -0.384. The van der Waals surface area contributed by atoms with Crippen molar-refractivity contribution >= 4 is 17.3 Å². The summed E-state index contributed by atoms with van der Waals surface area (Å²) in [4.78, 5) is 14.7. The fourth-order valence-corrected chi connectivity index (χ4v) is 2.07. The van der Waals surface area contributed by atoms with Gasteiger partial charge in [-0.1, -0.05) is 0 Å². The average Bonchev–Trinajstić information content (AvgIpc) is 2.94. The van der Waals surface area contributed by atoms with Crippen LogP contribution in [0.1, 0.15) is 6.42 Å². The molecule has 0 radical (unpaired) electrons. The molecule has 1 aromatic heterocycles. The first-order valence-electron chi connectivity index (χ1n) is 6.30. The van der Waals surface area contributed by atoms with E-state index >= 15 is 0 Å². The largest absolute Gasteiger partial charge is 0.378 e. The quantitative estimate of drug-likeness (QED) is 0.598. The van der Waals surface area contributed by atoms with Gasteiger partial charge in [0.1, 0.15) is 11.4 Å². The third kappa shape index (κ3) is 2.97. The van der Waals surface area contributed by atoms with E-state index in [-0.39, 0.29) is 11.5 Å². The molecule has 110 valence electrons. The number of nitro groups is 1. The van der Waals surface area contributed by atoms with Crippen LogP contribution in [0.15, 0.2) is 12.1 Å². The second-order valence-electron chi connectivity index (χ2n) is 4.61. The first-order chi connectivity index (χ1) is 9.60. The average molecular weight is 282 g/mol. The summed E-state index contributed by atoms with van der Waals surface area (Å²) < 4.78 is 10.8. The first-order valence-corrected chi connectivity index (χ1v) is 6.30. The molecule has 8 nitrogen and oxygen atoms in total. The summed E-state index contributed by atoms with van der Waals surface area (Å²) in [6.07, 6.45) is 0.746. The number of methoxy groups -OCH3 is 1. The van der Waals surface area contributed by atoms with Crippen molar-refractivity contribution in [2.75, 3.05) is 44.5 Å². The molecule has 2 N–H and O–H groups in total. The molecule has 1 unspecified atom stereocenters. The minimum Gasteiger partial charge on any atom is -0.378 e. The maximum absolute atomic E-state index is 11.0. The zero-order valence-corrected chi connectivity index (χ0v) is 11.5. The zero-order chi connectivity index (χ0) is 14.6. The maximum atomic E-state index is 11.0. The molecule has 8 heteroatoms. The number of aromatic nitrogens is 1. The molecule has 1 aliphatic heterocycles. The number of nitrogens with one attached hydrogen (secondary N) is 2. The van der Waals surface area contributed by atoms with E-state index in [0.717, 1.165) is 6.42 Å². The highest BCUT2D eigenvalue weighted by Crippen LogP contribution is 2.27. The van der Waals surface area contributed by atoms with Crippen LogP contribution in [0.5, 0.6) is 0 Å². The number of ether oxygens (including phenoxy) is 2. The van der Waals surface area contributed by atoms with Crippen LogP contribution >= 0.6 is 0 Å². The van der Waals surface area contributed by atoms with Crippen LogP contribution in [-0.4, -0.2) is 49.4 Å². The Bertz CT molecular complexity index is 488. The monoisotopic (exact) mass is 282 g/mol. The maximum Gasteiger partial charge on any atom is 0.311 e. The van der Waals surface area contributed by atoms with Gasteiger partial charge in [-0.25, -0.2) is 4.98 Å². The van der Waals surface area contributed by atoms with E-state index in [0.29, 0.717) is 25.6 Å². The third-order valence-electron chi connectivity index (χ3n) is 3.40. The van der Waals surface area contributed by atoms with Crippen molar-refractivity contribution in [3.05, 3.63) is 22.2 Å². The molecule has 1 aliphatic rings. The van der Waals surface area contributed by atoms with Gasteiger partial charge in [0.05, 0.1) is 11.5 Å². The van der Waals surface area contributed by atoms with Crippen molar-refractivity contribution in [3.8, 4) is 0 Å². The summed E-state index contributed by atoms with van der Waals surface area (Å²) in [5, 5.41) is 16.9. The Kier molecular flexibility index (Phi) is 4.35. The van der Waals surface area contributed by atoms with Crippen LogP contribution in [0.25, 0.3) is 0 Å². The van der Waals surface area contributed by atoms with Gasteiger partial charge in [0.25, 0.3) is 0 Å². The highest BCUT2D eigenvalue weighted by Gasteiger charge is 2.35. The number of anilines is 2. The predicted octanol–water partition coefficient (Wildman–Crippen LogP) is 1.25. The lowest BCUT2D eigenvalue weighted by Crippen LogP contribution is -2.39. The van der Waals surface area contributed by atoms with Crippen LogP contribution < -0.4 is 10.6 Å². The fourth-order valence-electron chi connectivity index (χ4n) is 2.07. The predicted molar refractivity (Wildman–Crippen MR) is 74.1 cm³/mol. The summed E-state index contributed by atoms with van der Waals surface area (Å²) in [7, 11) is 3.32. The van der Waals surface area contributed by atoms with Crippen molar-refractivity contribution < 1.29 is 14.4 Å². The molecular weight excluding hydrogens is 264 g/mol. The number of rotatable bonds is 6. The number of pyridine rings is 1. The molecule has 20 heavy (non-hydrogen) atoms. The highest BCUT2D eigenvalue weighted by molar-refractivity contribution is 5.60. The van der Waals surface area contributed by atoms with E-state index in [2.05, 4.69) is 15.6 Å². The lowest BCUT2D eigenvalue weighted by Gasteiger charge is -2.26. The minimum atomic E-state index is -0.459. The van der Waals surface area contributed by atoms with Crippen molar-refractivity contribution in [2.24, 2.45) is 0 Å². The van der Waals surface area contributed by atoms with Gasteiger partial charge in [-0.2, -0.15) is 0 Å². The van der Waals surface area contributed by atoms with Crippen molar-refractivity contribution in [3.63, 3.8) is 0 Å². The van der Waals surface area contributed by atoms with E-state index in [1.54, 1.807) is 20.2 Å². The van der Waals surface area contributed by atoms with Crippen LogP contribution in [0.3, 0.4) is 0 Å². The molecule has 1 atom stereocenters. The molecule has 0 aliphatic carbocycles. The van der Waals surface area contributed by atoms with Gasteiger partial charge >= 0.3 is 5.69 Å². The molecule has 2 rings (SSSR count). The van der Waals surface area contributed by atoms with Crippen molar-refractivity contribution in [1.82, 2.24) is 4.98 Å². The number of hydrogen-bond acceptors (Lipinski definition) is 7. The molecule has 2 heterocycles. The summed E-state index contributed by atoms with van der Waals surface area (Å²) in [5.74, 6) is 0.789. The van der Waals surface area contributed by atoms with E-state index < -0.39 is 10.5 Å². The van der Waals surface area contributed by atoms with Crippen LogP contribution in [0.4, 0.5) is 17.3 Å². The van der Waals surface area contributed by atoms with Gasteiger partial charge in [-0.15, -0.1) is 0 Å². The Morgan fingerprint density at radius 1 is 1.60 bits per heavy atom. The second kappa shape index (κ2) is 6.02. The molecule has 1 fully saturated rings. The van der Waals surface area contributed by atoms with E-state index in [9.17, 15) is 10.1 Å². The Morgan fingerprint density at radius 3 is 2.95 bits per heavy atom. The Morgan fingerprint density at radius 2 is 2.40 bits per heavy atom. The summed E-state index contributed by atoms with van der Waals surface area (Å²) in [6.45, 7) is 1.50. The van der Waals surface area contributed by atoms with Gasteiger partial charge in [0.15, 0.2) is 0 Å². The minimum absolute atomic E-state index is 0.0610. The van der Waals surface area contributed by atoms with Crippen molar-refractivity contribution in [2.45, 2.75) is 12.0 Å². The molecule has 1 aromatic rings. The topological polar surface area (TPSA) is 98.6 Å². The summed E-state index contributed by atoms with van der Waals surface area (Å²) in [5.41, 5.74) is -0.514. The first kappa shape index (κ1) is 14.5. The molecular formula is C12H18N4O4. The van der Waals surface area contributed by atoms with Crippen LogP contribution in [-0.2, 0) is 9.47 Å². The molecule has 1 saturated heterocycles. The molecule has 0 aromatic carbocycles. The number of nitrogens with zero attached hydrogens (tertiary/aromatic N) is 2. The zero-order valence-electron chi connectivity index (χ0n) is 11.5. The number of hydrogen-bond donors (Lipinski definition) is 2. The molecule has 0 spiro atoms. The van der Waals surface area contributed by atoms with Gasteiger partial charge in [-0.05, 0) is 6.07 Å². The van der Waals surface area contributed by atoms with E-state index in [4.69, 9.17) is 9.47 Å². The van der Waals surface area contributed by atoms with Crippen LogP contribution in [0.2, 0.25) is 0 Å². The Balaban J connectivity index is 2.16. The smallest absolute Gasteiger partial charge is 0.311 e. The van der Waals surface area contributed by atoms with Gasteiger partial charge in [-0.3, -0.25) is 10.1 Å². The molecule has 0 saturated carbocycles. The van der Waals surface area contributed by atoms with Gasteiger partial charge in [0.2, 0.25) is 5.82 Å².